The number of carbonyl (C=O) groups excluding carboxylic acids is 2. The van der Waals surface area contributed by atoms with Crippen LogP contribution in [-0.2, 0) is 16.0 Å². The van der Waals surface area contributed by atoms with Crippen LogP contribution in [0.25, 0.3) is 5.76 Å². The third-order valence-electron chi connectivity index (χ3n) is 5.46. The van der Waals surface area contributed by atoms with Crippen molar-refractivity contribution in [2.75, 3.05) is 27.2 Å². The maximum atomic E-state index is 13.7. The lowest BCUT2D eigenvalue weighted by atomic mass is 9.94. The maximum Gasteiger partial charge on any atom is 0.295 e. The van der Waals surface area contributed by atoms with Crippen molar-refractivity contribution in [3.05, 3.63) is 76.1 Å². The molecule has 0 saturated carbocycles. The molecule has 6 heteroatoms. The van der Waals surface area contributed by atoms with Gasteiger partial charge in [-0.15, -0.1) is 0 Å². The van der Waals surface area contributed by atoms with Gasteiger partial charge in [0.25, 0.3) is 11.7 Å². The van der Waals surface area contributed by atoms with Crippen LogP contribution in [0.15, 0.2) is 48.0 Å². The highest BCUT2D eigenvalue weighted by Gasteiger charge is 2.45. The predicted molar refractivity (Wildman–Crippen MR) is 115 cm³/mol. The monoisotopic (exact) mass is 410 g/mol. The number of rotatable bonds is 6. The molecule has 3 rings (SSSR count). The third-order valence-corrected chi connectivity index (χ3v) is 5.46. The number of nitrogens with zero attached hydrogens (tertiary/aromatic N) is 2. The van der Waals surface area contributed by atoms with E-state index in [1.807, 2.05) is 43.3 Å². The van der Waals surface area contributed by atoms with Gasteiger partial charge in [0.2, 0.25) is 0 Å². The van der Waals surface area contributed by atoms with Crippen LogP contribution >= 0.6 is 0 Å². The lowest BCUT2D eigenvalue weighted by Gasteiger charge is -2.26. The summed E-state index contributed by atoms with van der Waals surface area (Å²) in [7, 11) is 3.78. The molecular weight excluding hydrogens is 383 g/mol. The van der Waals surface area contributed by atoms with Crippen molar-refractivity contribution in [2.45, 2.75) is 26.3 Å². The third kappa shape index (κ3) is 4.14. The molecule has 1 atom stereocenters. The Bertz CT molecular complexity index is 996. The van der Waals surface area contributed by atoms with Crippen molar-refractivity contribution in [1.29, 1.82) is 0 Å². The van der Waals surface area contributed by atoms with Gasteiger partial charge in [-0.05, 0) is 62.3 Å². The van der Waals surface area contributed by atoms with Crippen LogP contribution in [0.5, 0.6) is 0 Å². The quantitative estimate of drug-likeness (QED) is 0.448. The van der Waals surface area contributed by atoms with Crippen LogP contribution in [0.3, 0.4) is 0 Å². The Morgan fingerprint density at radius 3 is 2.37 bits per heavy atom. The summed E-state index contributed by atoms with van der Waals surface area (Å²) in [6.07, 6.45) is 0.871. The van der Waals surface area contributed by atoms with Crippen molar-refractivity contribution in [3.8, 4) is 0 Å². The number of hydrogen-bond acceptors (Lipinski definition) is 4. The first-order chi connectivity index (χ1) is 14.2. The molecule has 1 aliphatic rings. The van der Waals surface area contributed by atoms with E-state index in [0.29, 0.717) is 24.2 Å². The summed E-state index contributed by atoms with van der Waals surface area (Å²) in [5, 5.41) is 11.0. The first-order valence-electron chi connectivity index (χ1n) is 10.0. The second kappa shape index (κ2) is 8.79. The molecule has 1 aliphatic heterocycles. The molecule has 0 aromatic heterocycles. The molecule has 0 bridgehead atoms. The summed E-state index contributed by atoms with van der Waals surface area (Å²) in [6.45, 7) is 4.56. The maximum absolute atomic E-state index is 13.7. The van der Waals surface area contributed by atoms with Crippen molar-refractivity contribution in [3.63, 3.8) is 0 Å². The van der Waals surface area contributed by atoms with Crippen molar-refractivity contribution in [2.24, 2.45) is 0 Å². The number of amides is 1. The Hall–Kier alpha value is -2.99. The Morgan fingerprint density at radius 1 is 1.13 bits per heavy atom. The lowest BCUT2D eigenvalue weighted by molar-refractivity contribution is -0.140. The first-order valence-corrected chi connectivity index (χ1v) is 10.0. The molecule has 5 nitrogen and oxygen atoms in total. The zero-order valence-corrected chi connectivity index (χ0v) is 17.8. The number of carbonyl (C=O) groups is 2. The van der Waals surface area contributed by atoms with Crippen LogP contribution < -0.4 is 0 Å². The normalized spacial score (nSPS) is 18.5. The number of hydrogen-bond donors (Lipinski definition) is 1. The molecule has 0 spiro atoms. The van der Waals surface area contributed by atoms with Crippen molar-refractivity contribution >= 4 is 17.4 Å². The fourth-order valence-electron chi connectivity index (χ4n) is 3.65. The van der Waals surface area contributed by atoms with Gasteiger partial charge in [0.15, 0.2) is 0 Å². The van der Waals surface area contributed by atoms with E-state index in [4.69, 9.17) is 0 Å². The second-order valence-electron chi connectivity index (χ2n) is 7.85. The van der Waals surface area contributed by atoms with E-state index in [9.17, 15) is 19.1 Å². The fourth-order valence-corrected chi connectivity index (χ4v) is 3.65. The van der Waals surface area contributed by atoms with Gasteiger partial charge >= 0.3 is 0 Å². The zero-order chi connectivity index (χ0) is 22.0. The van der Waals surface area contributed by atoms with Crippen LogP contribution in [-0.4, -0.2) is 53.8 Å². The van der Waals surface area contributed by atoms with Crippen LogP contribution in [0.4, 0.5) is 4.39 Å². The van der Waals surface area contributed by atoms with E-state index in [0.717, 1.165) is 17.5 Å². The van der Waals surface area contributed by atoms with Gasteiger partial charge in [-0.3, -0.25) is 9.59 Å². The van der Waals surface area contributed by atoms with Crippen molar-refractivity contribution in [1.82, 2.24) is 9.80 Å². The number of aliphatic hydroxyl groups excluding tert-OH is 1. The minimum Gasteiger partial charge on any atom is -0.507 e. The van der Waals surface area contributed by atoms with E-state index < -0.39 is 23.5 Å². The van der Waals surface area contributed by atoms with Gasteiger partial charge in [-0.25, -0.2) is 4.39 Å². The van der Waals surface area contributed by atoms with E-state index >= 15 is 0 Å². The van der Waals surface area contributed by atoms with E-state index in [1.165, 1.54) is 23.1 Å². The summed E-state index contributed by atoms with van der Waals surface area (Å²) in [5.41, 5.74) is 2.59. The molecule has 1 amide bonds. The standard InChI is InChI=1S/C24H27FN2O3/c1-5-16-6-8-17(9-7-16)21-20(22(28)18-10-11-19(25)15(2)14-18)23(29)24(30)27(21)13-12-26(3)4/h6-11,14,21,28H,5,12-13H2,1-4H3/b22-20-. The van der Waals surface area contributed by atoms with Crippen LogP contribution in [0.2, 0.25) is 0 Å². The van der Waals surface area contributed by atoms with Crippen molar-refractivity contribution < 1.29 is 19.1 Å². The van der Waals surface area contributed by atoms with Gasteiger partial charge in [0.1, 0.15) is 11.6 Å². The van der Waals surface area contributed by atoms with E-state index in [1.54, 1.807) is 6.92 Å². The minimum atomic E-state index is -0.724. The van der Waals surface area contributed by atoms with E-state index in [-0.39, 0.29) is 11.3 Å². The molecule has 158 valence electrons. The molecule has 1 N–H and O–H groups in total. The Morgan fingerprint density at radius 2 is 1.80 bits per heavy atom. The number of aryl methyl sites for hydroxylation is 2. The Balaban J connectivity index is 2.14. The summed E-state index contributed by atoms with van der Waals surface area (Å²) < 4.78 is 13.7. The number of Topliss-reactive ketones (excluding diaryl/α,β-unsaturated/α-hetero) is 1. The number of halogens is 1. The Labute approximate surface area is 176 Å². The smallest absolute Gasteiger partial charge is 0.295 e. The van der Waals surface area contributed by atoms with Gasteiger partial charge in [-0.2, -0.15) is 0 Å². The molecule has 1 saturated heterocycles. The van der Waals surface area contributed by atoms with Crippen LogP contribution in [0, 0.1) is 12.7 Å². The largest absolute Gasteiger partial charge is 0.507 e. The number of aliphatic hydroxyl groups is 1. The summed E-state index contributed by atoms with van der Waals surface area (Å²) in [4.78, 5) is 29.2. The molecule has 2 aromatic rings. The lowest BCUT2D eigenvalue weighted by Crippen LogP contribution is -2.35. The SMILES string of the molecule is CCc1ccc(C2/C(=C(/O)c3ccc(F)c(C)c3)C(=O)C(=O)N2CCN(C)C)cc1. The number of benzene rings is 2. The van der Waals surface area contributed by atoms with Gasteiger partial charge in [0.05, 0.1) is 11.6 Å². The fraction of sp³-hybridized carbons (Fsp3) is 0.333. The first kappa shape index (κ1) is 21.7. The second-order valence-corrected chi connectivity index (χ2v) is 7.85. The van der Waals surface area contributed by atoms with E-state index in [2.05, 4.69) is 6.92 Å². The Kier molecular flexibility index (Phi) is 6.37. The topological polar surface area (TPSA) is 60.9 Å². The van der Waals surface area contributed by atoms with Gasteiger partial charge in [0, 0.05) is 18.7 Å². The number of likely N-dealkylation sites (tertiary alicyclic amines) is 1. The highest BCUT2D eigenvalue weighted by molar-refractivity contribution is 6.46. The number of ketones is 1. The average Bonchev–Trinajstić information content (AvgIpc) is 2.98. The minimum absolute atomic E-state index is 0.0361. The summed E-state index contributed by atoms with van der Waals surface area (Å²) in [5.74, 6) is -2.04. The van der Waals surface area contributed by atoms with Gasteiger partial charge in [-0.1, -0.05) is 31.2 Å². The molecule has 1 fully saturated rings. The van der Waals surface area contributed by atoms with Gasteiger partial charge < -0.3 is 14.9 Å². The number of likely N-dealkylation sites (N-methyl/N-ethyl adjacent to an activating group) is 1. The summed E-state index contributed by atoms with van der Waals surface area (Å²) >= 11 is 0. The zero-order valence-electron chi connectivity index (χ0n) is 17.8. The molecule has 30 heavy (non-hydrogen) atoms. The average molecular weight is 410 g/mol. The molecule has 1 heterocycles. The molecule has 1 unspecified atom stereocenters. The van der Waals surface area contributed by atoms with Crippen LogP contribution in [0.1, 0.15) is 35.2 Å². The predicted octanol–water partition coefficient (Wildman–Crippen LogP) is 3.68. The molecular formula is C24H27FN2O3. The highest BCUT2D eigenvalue weighted by Crippen LogP contribution is 2.39. The molecule has 0 radical (unpaired) electrons. The summed E-state index contributed by atoms with van der Waals surface area (Å²) in [6, 6.07) is 11.2. The molecule has 0 aliphatic carbocycles. The highest BCUT2D eigenvalue weighted by atomic mass is 19.1. The molecule has 2 aromatic carbocycles.